The number of aromatic nitrogens is 5. The van der Waals surface area contributed by atoms with E-state index in [1.165, 1.54) is 23.2 Å². The Morgan fingerprint density at radius 3 is 2.92 bits per heavy atom. The van der Waals surface area contributed by atoms with Crippen LogP contribution in [0.3, 0.4) is 0 Å². The van der Waals surface area contributed by atoms with Crippen molar-refractivity contribution in [2.24, 2.45) is 7.05 Å². The molecule has 0 bridgehead atoms. The van der Waals surface area contributed by atoms with Gasteiger partial charge in [0.2, 0.25) is 0 Å². The molecule has 0 fully saturated rings. The molecule has 3 N–H and O–H groups in total. The summed E-state index contributed by atoms with van der Waals surface area (Å²) in [6.45, 7) is 0. The van der Waals surface area contributed by atoms with E-state index < -0.39 is 11.6 Å². The number of anilines is 1. The summed E-state index contributed by atoms with van der Waals surface area (Å²) in [7, 11) is 1.66. The fraction of sp³-hybridized carbons (Fsp3) is 0.0625. The van der Waals surface area contributed by atoms with Crippen molar-refractivity contribution < 1.29 is 8.78 Å². The topological polar surface area (TPSA) is 85.4 Å². The third-order valence-corrected chi connectivity index (χ3v) is 3.72. The van der Waals surface area contributed by atoms with Crippen LogP contribution in [0.1, 0.15) is 11.3 Å². The van der Waals surface area contributed by atoms with Gasteiger partial charge in [-0.3, -0.25) is 5.10 Å². The molecule has 0 aliphatic carbocycles. The van der Waals surface area contributed by atoms with E-state index in [-0.39, 0.29) is 22.6 Å². The van der Waals surface area contributed by atoms with Gasteiger partial charge in [0.25, 0.3) is 0 Å². The Kier molecular flexibility index (Phi) is 2.96. The Balaban J connectivity index is 1.90. The van der Waals surface area contributed by atoms with Crippen molar-refractivity contribution in [1.82, 2.24) is 24.7 Å². The van der Waals surface area contributed by atoms with Gasteiger partial charge in [-0.1, -0.05) is 5.92 Å². The van der Waals surface area contributed by atoms with E-state index in [1.54, 1.807) is 13.1 Å². The van der Waals surface area contributed by atoms with Crippen molar-refractivity contribution in [2.75, 3.05) is 5.73 Å². The van der Waals surface area contributed by atoms with E-state index in [0.717, 1.165) is 0 Å². The monoisotopic (exact) mass is 324 g/mol. The molecule has 0 aliphatic rings. The minimum Gasteiger partial charge on any atom is -0.383 e. The molecule has 24 heavy (non-hydrogen) atoms. The Bertz CT molecular complexity index is 1160. The van der Waals surface area contributed by atoms with Gasteiger partial charge in [-0.05, 0) is 12.0 Å². The van der Waals surface area contributed by atoms with Gasteiger partial charge in [-0.25, -0.2) is 18.7 Å². The number of H-pyrrole nitrogens is 1. The molecule has 0 aliphatic heterocycles. The number of nitrogens with one attached hydrogen (secondary N) is 1. The fourth-order valence-electron chi connectivity index (χ4n) is 2.51. The molecule has 3 aromatic heterocycles. The molecule has 118 valence electrons. The van der Waals surface area contributed by atoms with E-state index in [9.17, 15) is 8.78 Å². The number of hydrogen-bond acceptors (Lipinski definition) is 4. The standard InChI is InChI=1S/C16H10F2N6/c1-24-7-21-15-12(24)6-9(17)8(14(15)18)2-3-10-13-11(23-22-10)4-5-20-16(13)19/h4-7H,1H3,(H2,19,20)(H,22,23). The molecule has 6 nitrogen and oxygen atoms in total. The minimum atomic E-state index is -0.802. The molecule has 4 rings (SSSR count). The SMILES string of the molecule is Cn1cnc2c(F)c(C#Cc3n[nH]c4ccnc(N)c34)c(F)cc21. The number of rotatable bonds is 0. The highest BCUT2D eigenvalue weighted by Gasteiger charge is 2.15. The van der Waals surface area contributed by atoms with Crippen LogP contribution in [0.2, 0.25) is 0 Å². The summed E-state index contributed by atoms with van der Waals surface area (Å²) in [5.74, 6) is 3.82. The Hall–Kier alpha value is -3.47. The summed E-state index contributed by atoms with van der Waals surface area (Å²) in [6.07, 6.45) is 2.94. The molecule has 8 heteroatoms. The van der Waals surface area contributed by atoms with Crippen LogP contribution in [0.5, 0.6) is 0 Å². The highest BCUT2D eigenvalue weighted by molar-refractivity contribution is 5.92. The molecule has 0 spiro atoms. The van der Waals surface area contributed by atoms with Crippen molar-refractivity contribution in [3.8, 4) is 11.8 Å². The number of aryl methyl sites for hydroxylation is 1. The van der Waals surface area contributed by atoms with Crippen molar-refractivity contribution in [3.63, 3.8) is 0 Å². The molecule has 0 radical (unpaired) electrons. The normalized spacial score (nSPS) is 11.0. The van der Waals surface area contributed by atoms with Gasteiger partial charge < -0.3 is 10.3 Å². The molecule has 1 aromatic carbocycles. The lowest BCUT2D eigenvalue weighted by atomic mass is 10.1. The smallest absolute Gasteiger partial charge is 0.169 e. The van der Waals surface area contributed by atoms with Crippen LogP contribution in [-0.2, 0) is 7.05 Å². The quantitative estimate of drug-likeness (QED) is 0.485. The van der Waals surface area contributed by atoms with Crippen molar-refractivity contribution in [3.05, 3.63) is 47.5 Å². The fourth-order valence-corrected chi connectivity index (χ4v) is 2.51. The van der Waals surface area contributed by atoms with Gasteiger partial charge in [-0.15, -0.1) is 0 Å². The van der Waals surface area contributed by atoms with Gasteiger partial charge >= 0.3 is 0 Å². The molecule has 0 saturated carbocycles. The number of halogens is 2. The maximum Gasteiger partial charge on any atom is 0.169 e. The lowest BCUT2D eigenvalue weighted by Gasteiger charge is -2.00. The predicted octanol–water partition coefficient (Wildman–Crippen LogP) is 2.10. The first kappa shape index (κ1) is 14.1. The van der Waals surface area contributed by atoms with Crippen LogP contribution in [0.25, 0.3) is 21.9 Å². The van der Waals surface area contributed by atoms with Gasteiger partial charge in [0.1, 0.15) is 22.8 Å². The third-order valence-electron chi connectivity index (χ3n) is 3.72. The minimum absolute atomic E-state index is 0.0660. The molecular weight excluding hydrogens is 314 g/mol. The second-order valence-corrected chi connectivity index (χ2v) is 5.21. The second-order valence-electron chi connectivity index (χ2n) is 5.21. The van der Waals surface area contributed by atoms with Gasteiger partial charge in [0.05, 0.1) is 28.3 Å². The van der Waals surface area contributed by atoms with Gasteiger partial charge in [-0.2, -0.15) is 5.10 Å². The summed E-state index contributed by atoms with van der Waals surface area (Å²) in [5, 5.41) is 7.28. The van der Waals surface area contributed by atoms with Crippen LogP contribution in [0.15, 0.2) is 24.7 Å². The van der Waals surface area contributed by atoms with E-state index in [1.807, 2.05) is 0 Å². The Labute approximate surface area is 134 Å². The van der Waals surface area contributed by atoms with Crippen LogP contribution < -0.4 is 5.73 Å². The number of nitrogens with zero attached hydrogens (tertiary/aromatic N) is 4. The summed E-state index contributed by atoms with van der Waals surface area (Å²) < 4.78 is 30.2. The van der Waals surface area contributed by atoms with E-state index in [0.29, 0.717) is 16.4 Å². The highest BCUT2D eigenvalue weighted by Crippen LogP contribution is 2.23. The molecule has 0 unspecified atom stereocenters. The average molecular weight is 324 g/mol. The van der Waals surface area contributed by atoms with Crippen LogP contribution in [0.4, 0.5) is 14.6 Å². The average Bonchev–Trinajstić information content (AvgIpc) is 3.13. The number of hydrogen-bond donors (Lipinski definition) is 2. The Morgan fingerprint density at radius 2 is 2.08 bits per heavy atom. The summed E-state index contributed by atoms with van der Waals surface area (Å²) >= 11 is 0. The molecule has 0 atom stereocenters. The molecule has 0 amide bonds. The number of pyridine rings is 1. The summed E-state index contributed by atoms with van der Waals surface area (Å²) in [4.78, 5) is 7.89. The number of benzene rings is 1. The zero-order valence-corrected chi connectivity index (χ0v) is 12.4. The molecule has 0 saturated heterocycles. The van der Waals surface area contributed by atoms with Crippen LogP contribution in [0, 0.1) is 23.5 Å². The maximum absolute atomic E-state index is 14.5. The van der Waals surface area contributed by atoms with Gasteiger partial charge in [0.15, 0.2) is 5.82 Å². The molecule has 4 aromatic rings. The first-order valence-corrected chi connectivity index (χ1v) is 6.96. The zero-order valence-electron chi connectivity index (χ0n) is 12.4. The number of imidazole rings is 1. The lowest BCUT2D eigenvalue weighted by Crippen LogP contribution is -1.94. The first-order valence-electron chi connectivity index (χ1n) is 6.96. The molecular formula is C16H10F2N6. The number of fused-ring (bicyclic) bond motifs is 2. The number of nitrogens with two attached hydrogens (primary N) is 1. The summed E-state index contributed by atoms with van der Waals surface area (Å²) in [6, 6.07) is 2.89. The third kappa shape index (κ3) is 1.99. The highest BCUT2D eigenvalue weighted by atomic mass is 19.1. The predicted molar refractivity (Wildman–Crippen MR) is 84.9 cm³/mol. The van der Waals surface area contributed by atoms with Gasteiger partial charge in [0, 0.05) is 19.3 Å². The van der Waals surface area contributed by atoms with E-state index in [2.05, 4.69) is 32.0 Å². The largest absolute Gasteiger partial charge is 0.383 e. The van der Waals surface area contributed by atoms with Crippen molar-refractivity contribution in [1.29, 1.82) is 0 Å². The molecule has 3 heterocycles. The van der Waals surface area contributed by atoms with Crippen LogP contribution >= 0.6 is 0 Å². The van der Waals surface area contributed by atoms with Crippen LogP contribution in [-0.4, -0.2) is 24.7 Å². The number of aromatic amines is 1. The van der Waals surface area contributed by atoms with E-state index in [4.69, 9.17) is 5.73 Å². The van der Waals surface area contributed by atoms with Crippen molar-refractivity contribution in [2.45, 2.75) is 0 Å². The zero-order chi connectivity index (χ0) is 16.8. The first-order chi connectivity index (χ1) is 11.6. The number of nitrogen functional groups attached to an aromatic ring is 1. The summed E-state index contributed by atoms with van der Waals surface area (Å²) in [5.41, 5.74) is 6.79. The Morgan fingerprint density at radius 1 is 1.25 bits per heavy atom. The van der Waals surface area contributed by atoms with E-state index >= 15 is 0 Å². The second kappa shape index (κ2) is 5.03. The maximum atomic E-state index is 14.5. The van der Waals surface area contributed by atoms with Crippen molar-refractivity contribution >= 4 is 27.8 Å². The lowest BCUT2D eigenvalue weighted by molar-refractivity contribution is 0.584.